The number of hydrogen-bond acceptors (Lipinski definition) is 8. The van der Waals surface area contributed by atoms with Crippen LogP contribution in [0.15, 0.2) is 59.5 Å². The van der Waals surface area contributed by atoms with Crippen molar-refractivity contribution in [2.75, 3.05) is 31.2 Å². The van der Waals surface area contributed by atoms with E-state index in [9.17, 15) is 32.7 Å². The van der Waals surface area contributed by atoms with Crippen LogP contribution in [0, 0.1) is 5.92 Å². The Labute approximate surface area is 228 Å². The highest BCUT2D eigenvalue weighted by molar-refractivity contribution is 7.91. The molecule has 2 aromatic rings. The third-order valence-electron chi connectivity index (χ3n) is 6.62. The number of anilines is 1. The molecule has 0 bridgehead atoms. The first-order chi connectivity index (χ1) is 18.2. The standard InChI is InChI=1S/C25H36N3O9PS/c1-18(17-39(34,35)22-10-8-20(26)9-11-22)15-27-25(2,37-38(31,32)33)23(14-19-6-4-3-5-7-19)28(24(29)30)21-12-13-36-16-21/h3-11,18,21,23,27H,12-17,26H2,1-2H3,(H,29,30)(H2,31,32,33)/t18?,21-,23-,25+/m0/s1. The number of nitrogens with zero attached hydrogens (tertiary/aromatic N) is 1. The van der Waals surface area contributed by atoms with Gasteiger partial charge < -0.3 is 25.4 Å². The van der Waals surface area contributed by atoms with Gasteiger partial charge in [0.05, 0.1) is 29.3 Å². The molecule has 1 fully saturated rings. The summed E-state index contributed by atoms with van der Waals surface area (Å²) < 4.78 is 48.7. The molecule has 12 nitrogen and oxygen atoms in total. The molecule has 1 unspecified atom stereocenters. The van der Waals surface area contributed by atoms with E-state index in [1.165, 1.54) is 31.2 Å². The van der Waals surface area contributed by atoms with Gasteiger partial charge in [0.2, 0.25) is 0 Å². The highest BCUT2D eigenvalue weighted by Gasteiger charge is 2.48. The van der Waals surface area contributed by atoms with E-state index in [2.05, 4.69) is 5.32 Å². The summed E-state index contributed by atoms with van der Waals surface area (Å²) in [7, 11) is -8.85. The first-order valence-corrected chi connectivity index (χ1v) is 15.6. The first kappa shape index (κ1) is 31.0. The number of sulfone groups is 1. The van der Waals surface area contributed by atoms with Crippen LogP contribution in [-0.2, 0) is 30.1 Å². The molecule has 4 atom stereocenters. The van der Waals surface area contributed by atoms with Crippen LogP contribution in [0.5, 0.6) is 0 Å². The maximum Gasteiger partial charge on any atom is 0.471 e. The average Bonchev–Trinajstić information content (AvgIpc) is 3.36. The Morgan fingerprint density at radius 2 is 1.87 bits per heavy atom. The minimum Gasteiger partial charge on any atom is -0.465 e. The molecule has 1 saturated heterocycles. The van der Waals surface area contributed by atoms with Gasteiger partial charge in [0.15, 0.2) is 9.84 Å². The molecule has 0 aromatic heterocycles. The molecule has 1 heterocycles. The predicted molar refractivity (Wildman–Crippen MR) is 145 cm³/mol. The summed E-state index contributed by atoms with van der Waals surface area (Å²) in [6, 6.07) is 13.0. The number of ether oxygens (including phenoxy) is 1. The molecular formula is C25H36N3O9PS. The number of benzene rings is 2. The quantitative estimate of drug-likeness (QED) is 0.132. The average molecular weight is 586 g/mol. The molecular weight excluding hydrogens is 549 g/mol. The Hall–Kier alpha value is -2.51. The van der Waals surface area contributed by atoms with Gasteiger partial charge in [0.25, 0.3) is 0 Å². The number of rotatable bonds is 13. The molecule has 3 rings (SSSR count). The van der Waals surface area contributed by atoms with Crippen LogP contribution in [0.25, 0.3) is 0 Å². The summed E-state index contributed by atoms with van der Waals surface area (Å²) in [4.78, 5) is 33.4. The van der Waals surface area contributed by atoms with Gasteiger partial charge in [-0.15, -0.1) is 0 Å². The number of nitrogen functional groups attached to an aromatic ring is 1. The molecule has 39 heavy (non-hydrogen) atoms. The maximum absolute atomic E-state index is 12.9. The Kier molecular flexibility index (Phi) is 10.2. The van der Waals surface area contributed by atoms with Gasteiger partial charge in [-0.2, -0.15) is 0 Å². The largest absolute Gasteiger partial charge is 0.471 e. The third-order valence-corrected chi connectivity index (χ3v) is 9.23. The van der Waals surface area contributed by atoms with Gasteiger partial charge in [-0.1, -0.05) is 37.3 Å². The van der Waals surface area contributed by atoms with E-state index in [-0.39, 0.29) is 30.2 Å². The summed E-state index contributed by atoms with van der Waals surface area (Å²) in [5, 5.41) is 13.2. The van der Waals surface area contributed by atoms with Gasteiger partial charge in [0.1, 0.15) is 5.72 Å². The van der Waals surface area contributed by atoms with Crippen molar-refractivity contribution in [2.45, 2.75) is 49.4 Å². The highest BCUT2D eigenvalue weighted by Crippen LogP contribution is 2.43. The van der Waals surface area contributed by atoms with Gasteiger partial charge in [0, 0.05) is 18.8 Å². The minimum absolute atomic E-state index is 0.0510. The van der Waals surface area contributed by atoms with Crippen LogP contribution < -0.4 is 11.1 Å². The zero-order chi connectivity index (χ0) is 28.8. The van der Waals surface area contributed by atoms with Crippen LogP contribution in [0.3, 0.4) is 0 Å². The van der Waals surface area contributed by atoms with E-state index in [0.29, 0.717) is 24.3 Å². The van der Waals surface area contributed by atoms with Crippen molar-refractivity contribution in [2.24, 2.45) is 5.92 Å². The number of amides is 1. The zero-order valence-electron chi connectivity index (χ0n) is 21.8. The van der Waals surface area contributed by atoms with Crippen LogP contribution in [0.1, 0.15) is 25.8 Å². The molecule has 1 aliphatic heterocycles. The lowest BCUT2D eigenvalue weighted by Gasteiger charge is -2.45. The van der Waals surface area contributed by atoms with Crippen LogP contribution >= 0.6 is 7.82 Å². The van der Waals surface area contributed by atoms with E-state index < -0.39 is 47.5 Å². The Morgan fingerprint density at radius 1 is 1.23 bits per heavy atom. The van der Waals surface area contributed by atoms with Crippen molar-refractivity contribution >= 4 is 29.4 Å². The summed E-state index contributed by atoms with van der Waals surface area (Å²) in [6.45, 7) is 3.44. The van der Waals surface area contributed by atoms with E-state index in [1.807, 2.05) is 0 Å². The van der Waals surface area contributed by atoms with Crippen molar-refractivity contribution in [1.29, 1.82) is 0 Å². The second-order valence-corrected chi connectivity index (χ2v) is 13.1. The van der Waals surface area contributed by atoms with Crippen molar-refractivity contribution in [3.8, 4) is 0 Å². The summed E-state index contributed by atoms with van der Waals surface area (Å²) in [5.41, 5.74) is 4.89. The lowest BCUT2D eigenvalue weighted by atomic mass is 9.93. The molecule has 1 aliphatic rings. The van der Waals surface area contributed by atoms with Crippen LogP contribution in [0.4, 0.5) is 10.5 Å². The summed E-state index contributed by atoms with van der Waals surface area (Å²) in [6.07, 6.45) is -0.835. The van der Waals surface area contributed by atoms with Gasteiger partial charge in [-0.3, -0.25) is 14.7 Å². The predicted octanol–water partition coefficient (Wildman–Crippen LogP) is 2.47. The van der Waals surface area contributed by atoms with Crippen LogP contribution in [0.2, 0.25) is 0 Å². The lowest BCUT2D eigenvalue weighted by Crippen LogP contribution is -2.65. The molecule has 0 aliphatic carbocycles. The van der Waals surface area contributed by atoms with Crippen molar-refractivity contribution in [3.63, 3.8) is 0 Å². The van der Waals surface area contributed by atoms with E-state index >= 15 is 0 Å². The number of carbonyl (C=O) groups is 1. The molecule has 1 amide bonds. The van der Waals surface area contributed by atoms with E-state index in [4.69, 9.17) is 15.0 Å². The second kappa shape index (κ2) is 12.8. The number of nitrogens with two attached hydrogens (primary N) is 1. The van der Waals surface area contributed by atoms with E-state index in [1.54, 1.807) is 37.3 Å². The monoisotopic (exact) mass is 585 g/mol. The summed E-state index contributed by atoms with van der Waals surface area (Å²) in [5.74, 6) is -0.823. The van der Waals surface area contributed by atoms with Crippen molar-refractivity contribution in [3.05, 3.63) is 60.2 Å². The normalized spacial score (nSPS) is 19.2. The molecule has 0 saturated carbocycles. The van der Waals surface area contributed by atoms with Crippen LogP contribution in [-0.4, -0.2) is 77.6 Å². The summed E-state index contributed by atoms with van der Waals surface area (Å²) >= 11 is 0. The number of phosphoric ester groups is 1. The Balaban J connectivity index is 1.92. The van der Waals surface area contributed by atoms with Gasteiger partial charge >= 0.3 is 13.9 Å². The van der Waals surface area contributed by atoms with Gasteiger partial charge in [-0.05, 0) is 55.5 Å². The molecule has 216 valence electrons. The molecule has 2 aromatic carbocycles. The molecule has 14 heteroatoms. The Bertz CT molecular complexity index is 1250. The smallest absolute Gasteiger partial charge is 0.465 e. The fourth-order valence-corrected chi connectivity index (χ4v) is 7.01. The number of phosphoric acid groups is 1. The lowest BCUT2D eigenvalue weighted by molar-refractivity contribution is -0.0609. The fourth-order valence-electron chi connectivity index (χ4n) is 4.72. The number of nitrogens with one attached hydrogen (secondary N) is 1. The minimum atomic E-state index is -5.14. The SMILES string of the molecule is CC(CN[C@](C)(OP(=O)(O)O)[C@H](Cc1ccccc1)N(C(=O)O)[C@H]1CCOC1)CS(=O)(=O)c1ccc(N)cc1. The van der Waals surface area contributed by atoms with Gasteiger partial charge in [-0.25, -0.2) is 17.8 Å². The zero-order valence-corrected chi connectivity index (χ0v) is 23.6. The Morgan fingerprint density at radius 3 is 2.41 bits per heavy atom. The second-order valence-electron chi connectivity index (χ2n) is 9.94. The highest BCUT2D eigenvalue weighted by atomic mass is 32.2. The van der Waals surface area contributed by atoms with Crippen molar-refractivity contribution < 1.29 is 41.9 Å². The molecule has 6 N–H and O–H groups in total. The van der Waals surface area contributed by atoms with Crippen molar-refractivity contribution in [1.82, 2.24) is 10.2 Å². The topological polar surface area (TPSA) is 189 Å². The maximum atomic E-state index is 12.9. The number of hydrogen-bond donors (Lipinski definition) is 5. The third kappa shape index (κ3) is 8.74. The fraction of sp³-hybridized carbons (Fsp3) is 0.480. The molecule has 0 radical (unpaired) electrons. The number of carboxylic acid groups (broad SMARTS) is 1. The first-order valence-electron chi connectivity index (χ1n) is 12.4. The van der Waals surface area contributed by atoms with E-state index in [0.717, 1.165) is 4.90 Å². The molecule has 0 spiro atoms.